The van der Waals surface area contributed by atoms with E-state index in [2.05, 4.69) is 19.0 Å². The molecule has 0 aromatic carbocycles. The lowest BCUT2D eigenvalue weighted by Crippen LogP contribution is -2.24. The van der Waals surface area contributed by atoms with Crippen molar-refractivity contribution in [3.63, 3.8) is 0 Å². The van der Waals surface area contributed by atoms with Gasteiger partial charge >= 0.3 is 0 Å². The summed E-state index contributed by atoms with van der Waals surface area (Å²) in [5, 5.41) is 0. The molecule has 0 bridgehead atoms. The summed E-state index contributed by atoms with van der Waals surface area (Å²) in [4.78, 5) is 2.43. The average molecular weight is 167 g/mol. The van der Waals surface area contributed by atoms with Crippen LogP contribution in [0.2, 0.25) is 0 Å². The zero-order valence-electron chi connectivity index (χ0n) is 8.42. The second-order valence-electron chi connectivity index (χ2n) is 4.89. The minimum Gasteiger partial charge on any atom is -0.306 e. The van der Waals surface area contributed by atoms with Crippen molar-refractivity contribution in [2.45, 2.75) is 44.6 Å². The normalized spacial score (nSPS) is 41.8. The maximum absolute atomic E-state index is 2.43. The van der Waals surface area contributed by atoms with Gasteiger partial charge in [-0.15, -0.1) is 0 Å². The van der Waals surface area contributed by atoms with Gasteiger partial charge in [-0.2, -0.15) is 0 Å². The van der Waals surface area contributed by atoms with Crippen LogP contribution in [-0.4, -0.2) is 25.0 Å². The monoisotopic (exact) mass is 167 g/mol. The molecule has 0 saturated heterocycles. The molecule has 1 heteroatoms. The Balaban J connectivity index is 1.94. The summed E-state index contributed by atoms with van der Waals surface area (Å²) < 4.78 is 0. The van der Waals surface area contributed by atoms with E-state index in [1.807, 2.05) is 0 Å². The maximum atomic E-state index is 2.43. The fourth-order valence-electron chi connectivity index (χ4n) is 3.12. The molecule has 0 aliphatic heterocycles. The number of fused-ring (bicyclic) bond motifs is 1. The van der Waals surface area contributed by atoms with Crippen LogP contribution in [0.1, 0.15) is 38.5 Å². The smallest absolute Gasteiger partial charge is 0.00946 e. The SMILES string of the molecule is CN(C)C1CC2CCCCC2C1. The number of nitrogens with zero attached hydrogens (tertiary/aromatic N) is 1. The van der Waals surface area contributed by atoms with Crippen molar-refractivity contribution in [3.05, 3.63) is 0 Å². The van der Waals surface area contributed by atoms with E-state index in [1.54, 1.807) is 0 Å². The Morgan fingerprint density at radius 3 is 1.83 bits per heavy atom. The van der Waals surface area contributed by atoms with Gasteiger partial charge in [-0.3, -0.25) is 0 Å². The van der Waals surface area contributed by atoms with Crippen LogP contribution in [0.5, 0.6) is 0 Å². The summed E-state index contributed by atoms with van der Waals surface area (Å²) in [6.07, 6.45) is 9.02. The van der Waals surface area contributed by atoms with Crippen molar-refractivity contribution in [3.8, 4) is 0 Å². The molecule has 2 unspecified atom stereocenters. The first-order valence-electron chi connectivity index (χ1n) is 5.44. The molecule has 2 aliphatic carbocycles. The molecule has 2 atom stereocenters. The molecule has 0 aromatic rings. The molecule has 2 rings (SSSR count). The third-order valence-corrected chi connectivity index (χ3v) is 3.95. The van der Waals surface area contributed by atoms with Gasteiger partial charge in [0.05, 0.1) is 0 Å². The standard InChI is InChI=1S/C11H21N/c1-12(2)11-7-9-5-3-4-6-10(9)8-11/h9-11H,3-8H2,1-2H3. The Hall–Kier alpha value is -0.0400. The highest BCUT2D eigenvalue weighted by molar-refractivity contribution is 4.89. The van der Waals surface area contributed by atoms with Crippen LogP contribution in [0.15, 0.2) is 0 Å². The molecule has 1 nitrogen and oxygen atoms in total. The van der Waals surface area contributed by atoms with Gasteiger partial charge in [0.1, 0.15) is 0 Å². The molecule has 70 valence electrons. The van der Waals surface area contributed by atoms with Gasteiger partial charge < -0.3 is 4.90 Å². The van der Waals surface area contributed by atoms with Crippen LogP contribution < -0.4 is 0 Å². The Bertz CT molecular complexity index is 139. The molecule has 0 N–H and O–H groups in total. The zero-order chi connectivity index (χ0) is 8.55. The van der Waals surface area contributed by atoms with Gasteiger partial charge in [-0.1, -0.05) is 25.7 Å². The number of hydrogen-bond donors (Lipinski definition) is 0. The predicted molar refractivity (Wildman–Crippen MR) is 52.2 cm³/mol. The van der Waals surface area contributed by atoms with E-state index in [9.17, 15) is 0 Å². The lowest BCUT2D eigenvalue weighted by Gasteiger charge is -2.24. The topological polar surface area (TPSA) is 3.24 Å². The predicted octanol–water partition coefficient (Wildman–Crippen LogP) is 2.52. The summed E-state index contributed by atoms with van der Waals surface area (Å²) >= 11 is 0. The van der Waals surface area contributed by atoms with Gasteiger partial charge in [-0.25, -0.2) is 0 Å². The summed E-state index contributed by atoms with van der Waals surface area (Å²) in [6, 6.07) is 0.901. The van der Waals surface area contributed by atoms with Gasteiger partial charge in [-0.05, 0) is 38.8 Å². The second-order valence-corrected chi connectivity index (χ2v) is 4.89. The molecule has 0 heterocycles. The van der Waals surface area contributed by atoms with Gasteiger partial charge in [0.15, 0.2) is 0 Å². The lowest BCUT2D eigenvalue weighted by molar-refractivity contribution is 0.277. The van der Waals surface area contributed by atoms with Gasteiger partial charge in [0, 0.05) is 6.04 Å². The fraction of sp³-hybridized carbons (Fsp3) is 1.00. The highest BCUT2D eigenvalue weighted by atomic mass is 15.1. The first kappa shape index (κ1) is 8.55. The molecule has 2 aliphatic rings. The molecule has 0 amide bonds. The molecular weight excluding hydrogens is 146 g/mol. The van der Waals surface area contributed by atoms with E-state index < -0.39 is 0 Å². The van der Waals surface area contributed by atoms with E-state index in [0.29, 0.717) is 0 Å². The van der Waals surface area contributed by atoms with E-state index in [0.717, 1.165) is 17.9 Å². The van der Waals surface area contributed by atoms with Crippen molar-refractivity contribution >= 4 is 0 Å². The van der Waals surface area contributed by atoms with Crippen LogP contribution in [0.25, 0.3) is 0 Å². The Kier molecular flexibility index (Phi) is 2.40. The quantitative estimate of drug-likeness (QED) is 0.580. The summed E-state index contributed by atoms with van der Waals surface area (Å²) in [7, 11) is 4.48. The largest absolute Gasteiger partial charge is 0.306 e. The number of hydrogen-bond acceptors (Lipinski definition) is 1. The van der Waals surface area contributed by atoms with Crippen molar-refractivity contribution in [1.82, 2.24) is 4.90 Å². The highest BCUT2D eigenvalue weighted by Gasteiger charge is 2.36. The summed E-state index contributed by atoms with van der Waals surface area (Å²) in [5.74, 6) is 2.18. The molecule has 0 spiro atoms. The van der Waals surface area contributed by atoms with E-state index in [-0.39, 0.29) is 0 Å². The van der Waals surface area contributed by atoms with Crippen molar-refractivity contribution < 1.29 is 0 Å². The lowest BCUT2D eigenvalue weighted by atomic mass is 9.82. The third-order valence-electron chi connectivity index (χ3n) is 3.95. The Morgan fingerprint density at radius 2 is 1.42 bits per heavy atom. The highest BCUT2D eigenvalue weighted by Crippen LogP contribution is 2.43. The fourth-order valence-corrected chi connectivity index (χ4v) is 3.12. The van der Waals surface area contributed by atoms with Crippen molar-refractivity contribution in [2.24, 2.45) is 11.8 Å². The molecular formula is C11H21N. The molecule has 2 saturated carbocycles. The van der Waals surface area contributed by atoms with Gasteiger partial charge in [0.2, 0.25) is 0 Å². The van der Waals surface area contributed by atoms with E-state index >= 15 is 0 Å². The van der Waals surface area contributed by atoms with Crippen LogP contribution in [0.3, 0.4) is 0 Å². The van der Waals surface area contributed by atoms with Crippen LogP contribution >= 0.6 is 0 Å². The summed E-state index contributed by atoms with van der Waals surface area (Å²) in [5.41, 5.74) is 0. The van der Waals surface area contributed by atoms with Crippen LogP contribution in [0.4, 0.5) is 0 Å². The first-order chi connectivity index (χ1) is 5.77. The van der Waals surface area contributed by atoms with Crippen molar-refractivity contribution in [1.29, 1.82) is 0 Å². The Labute approximate surface area is 76.1 Å². The average Bonchev–Trinajstić information content (AvgIpc) is 2.46. The van der Waals surface area contributed by atoms with Crippen molar-refractivity contribution in [2.75, 3.05) is 14.1 Å². The first-order valence-corrected chi connectivity index (χ1v) is 5.44. The second kappa shape index (κ2) is 3.37. The number of rotatable bonds is 1. The molecule has 12 heavy (non-hydrogen) atoms. The van der Waals surface area contributed by atoms with Crippen LogP contribution in [-0.2, 0) is 0 Å². The minimum atomic E-state index is 0.901. The minimum absolute atomic E-state index is 0.901. The van der Waals surface area contributed by atoms with E-state index in [1.165, 1.54) is 38.5 Å². The molecule has 0 radical (unpaired) electrons. The zero-order valence-corrected chi connectivity index (χ0v) is 8.42. The van der Waals surface area contributed by atoms with E-state index in [4.69, 9.17) is 0 Å². The third kappa shape index (κ3) is 1.52. The van der Waals surface area contributed by atoms with Gasteiger partial charge in [0.25, 0.3) is 0 Å². The summed E-state index contributed by atoms with van der Waals surface area (Å²) in [6.45, 7) is 0. The van der Waals surface area contributed by atoms with Crippen LogP contribution in [0, 0.1) is 11.8 Å². The molecule has 0 aromatic heterocycles. The molecule has 2 fully saturated rings. The maximum Gasteiger partial charge on any atom is 0.00946 e. The Morgan fingerprint density at radius 1 is 0.917 bits per heavy atom.